The molecule has 4 heteroatoms. The van der Waals surface area contributed by atoms with Crippen LogP contribution in [0.2, 0.25) is 0 Å². The maximum Gasteiger partial charge on any atom is 0.249 e. The molecule has 0 spiro atoms. The Bertz CT molecular complexity index is 444. The SMILES string of the molecule is C=NC(=O)C1CCCCC1SCN(CCC)C1=CCCC=C1. The van der Waals surface area contributed by atoms with E-state index in [0.717, 1.165) is 50.9 Å². The Kier molecular flexibility index (Phi) is 7.23. The largest absolute Gasteiger partial charge is 0.363 e. The zero-order valence-corrected chi connectivity index (χ0v) is 14.5. The van der Waals surface area contributed by atoms with Gasteiger partial charge in [0.2, 0.25) is 5.91 Å². The zero-order valence-electron chi connectivity index (χ0n) is 13.7. The van der Waals surface area contributed by atoms with Crippen LogP contribution in [0.3, 0.4) is 0 Å². The second-order valence-electron chi connectivity index (χ2n) is 6.09. The fourth-order valence-corrected chi connectivity index (χ4v) is 4.72. The third kappa shape index (κ3) is 4.73. The molecule has 3 nitrogen and oxygen atoms in total. The van der Waals surface area contributed by atoms with Crippen LogP contribution in [0.25, 0.3) is 0 Å². The quantitative estimate of drug-likeness (QED) is 0.514. The summed E-state index contributed by atoms with van der Waals surface area (Å²) >= 11 is 1.93. The summed E-state index contributed by atoms with van der Waals surface area (Å²) in [5.41, 5.74) is 1.35. The van der Waals surface area contributed by atoms with E-state index in [-0.39, 0.29) is 11.8 Å². The van der Waals surface area contributed by atoms with Crippen molar-refractivity contribution in [1.82, 2.24) is 4.90 Å². The van der Waals surface area contributed by atoms with Gasteiger partial charge in [-0.25, -0.2) is 4.99 Å². The maximum atomic E-state index is 12.0. The van der Waals surface area contributed by atoms with Crippen molar-refractivity contribution in [3.05, 3.63) is 23.9 Å². The predicted octanol–water partition coefficient (Wildman–Crippen LogP) is 4.41. The van der Waals surface area contributed by atoms with Gasteiger partial charge >= 0.3 is 0 Å². The molecule has 1 amide bonds. The molecule has 0 bridgehead atoms. The average Bonchev–Trinajstić information content (AvgIpc) is 2.59. The Balaban J connectivity index is 1.95. The van der Waals surface area contributed by atoms with E-state index in [0.29, 0.717) is 5.25 Å². The average molecular weight is 321 g/mol. The van der Waals surface area contributed by atoms with E-state index in [2.05, 4.69) is 41.8 Å². The summed E-state index contributed by atoms with van der Waals surface area (Å²) in [5, 5.41) is 0.402. The lowest BCUT2D eigenvalue weighted by molar-refractivity contribution is -0.122. The molecule has 0 aliphatic heterocycles. The smallest absolute Gasteiger partial charge is 0.249 e. The van der Waals surface area contributed by atoms with Crippen molar-refractivity contribution >= 4 is 24.4 Å². The summed E-state index contributed by atoms with van der Waals surface area (Å²) in [5.74, 6) is 1.04. The van der Waals surface area contributed by atoms with Crippen LogP contribution in [-0.2, 0) is 4.79 Å². The highest BCUT2D eigenvalue weighted by atomic mass is 32.2. The number of carbonyl (C=O) groups is 1. The van der Waals surface area contributed by atoms with Crippen molar-refractivity contribution in [3.8, 4) is 0 Å². The van der Waals surface area contributed by atoms with Gasteiger partial charge in [0, 0.05) is 17.5 Å². The molecule has 0 heterocycles. The lowest BCUT2D eigenvalue weighted by atomic mass is 9.88. The van der Waals surface area contributed by atoms with Crippen LogP contribution in [0.1, 0.15) is 51.9 Å². The van der Waals surface area contributed by atoms with E-state index in [1.54, 1.807) is 0 Å². The minimum atomic E-state index is -0.00369. The van der Waals surface area contributed by atoms with E-state index in [1.165, 1.54) is 12.1 Å². The van der Waals surface area contributed by atoms with Gasteiger partial charge in [0.15, 0.2) is 0 Å². The van der Waals surface area contributed by atoms with E-state index in [1.807, 2.05) is 11.8 Å². The molecular formula is C18H28N2OS. The number of carbonyl (C=O) groups excluding carboxylic acids is 1. The van der Waals surface area contributed by atoms with Gasteiger partial charge in [-0.3, -0.25) is 4.79 Å². The van der Waals surface area contributed by atoms with Gasteiger partial charge in [-0.15, -0.1) is 11.8 Å². The molecule has 2 aliphatic carbocycles. The first-order chi connectivity index (χ1) is 10.8. The van der Waals surface area contributed by atoms with Gasteiger partial charge in [-0.2, -0.15) is 0 Å². The molecule has 0 aromatic carbocycles. The fourth-order valence-electron chi connectivity index (χ4n) is 3.25. The third-order valence-corrected chi connectivity index (χ3v) is 5.91. The second-order valence-corrected chi connectivity index (χ2v) is 7.29. The molecule has 2 atom stereocenters. The van der Waals surface area contributed by atoms with Crippen molar-refractivity contribution < 1.29 is 4.79 Å². The minimum Gasteiger partial charge on any atom is -0.363 e. The number of nitrogens with zero attached hydrogens (tertiary/aromatic N) is 2. The highest BCUT2D eigenvalue weighted by Gasteiger charge is 2.31. The number of hydrogen-bond donors (Lipinski definition) is 0. The first kappa shape index (κ1) is 17.3. The summed E-state index contributed by atoms with van der Waals surface area (Å²) in [7, 11) is 0. The normalized spacial score (nSPS) is 24.7. The third-order valence-electron chi connectivity index (χ3n) is 4.45. The number of amides is 1. The van der Waals surface area contributed by atoms with Crippen molar-refractivity contribution in [3.63, 3.8) is 0 Å². The Hall–Kier alpha value is -1.03. The molecule has 1 saturated carbocycles. The molecule has 2 rings (SSSR count). The predicted molar refractivity (Wildman–Crippen MR) is 96.2 cm³/mol. The summed E-state index contributed by atoms with van der Waals surface area (Å²) in [6.45, 7) is 6.73. The van der Waals surface area contributed by atoms with E-state index >= 15 is 0 Å². The Morgan fingerprint density at radius 3 is 2.91 bits per heavy atom. The van der Waals surface area contributed by atoms with Gasteiger partial charge in [-0.1, -0.05) is 31.9 Å². The molecule has 2 unspecified atom stereocenters. The maximum absolute atomic E-state index is 12.0. The molecule has 0 aromatic rings. The van der Waals surface area contributed by atoms with Crippen LogP contribution in [0.15, 0.2) is 28.9 Å². The van der Waals surface area contributed by atoms with Crippen LogP contribution in [-0.4, -0.2) is 35.2 Å². The number of thioether (sulfide) groups is 1. The molecule has 1 fully saturated rings. The lowest BCUT2D eigenvalue weighted by Crippen LogP contribution is -2.31. The first-order valence-corrected chi connectivity index (χ1v) is 9.55. The Morgan fingerprint density at radius 1 is 1.41 bits per heavy atom. The van der Waals surface area contributed by atoms with Crippen molar-refractivity contribution in [2.45, 2.75) is 57.1 Å². The zero-order chi connectivity index (χ0) is 15.8. The topological polar surface area (TPSA) is 32.7 Å². The summed E-state index contributed by atoms with van der Waals surface area (Å²) in [6.07, 6.45) is 14.8. The van der Waals surface area contributed by atoms with Crippen LogP contribution in [0, 0.1) is 5.92 Å². The highest BCUT2D eigenvalue weighted by molar-refractivity contribution is 7.99. The molecule has 0 N–H and O–H groups in total. The molecule has 0 radical (unpaired) electrons. The van der Waals surface area contributed by atoms with Gasteiger partial charge in [-0.05, 0) is 44.9 Å². The summed E-state index contributed by atoms with van der Waals surface area (Å²) < 4.78 is 0. The van der Waals surface area contributed by atoms with Gasteiger partial charge in [0.1, 0.15) is 0 Å². The van der Waals surface area contributed by atoms with E-state index < -0.39 is 0 Å². The first-order valence-electron chi connectivity index (χ1n) is 8.50. The van der Waals surface area contributed by atoms with Crippen LogP contribution < -0.4 is 0 Å². The van der Waals surface area contributed by atoms with Crippen LogP contribution in [0.5, 0.6) is 0 Å². The molecule has 22 heavy (non-hydrogen) atoms. The van der Waals surface area contributed by atoms with Crippen LogP contribution >= 0.6 is 11.8 Å². The molecule has 122 valence electrons. The standard InChI is InChI=1S/C18H28N2OS/c1-3-13-20(15-9-5-4-6-10-15)14-22-17-12-8-7-11-16(17)18(21)19-2/h5,9-10,16-17H,2-4,6-8,11-14H2,1H3. The van der Waals surface area contributed by atoms with Crippen LogP contribution in [0.4, 0.5) is 0 Å². The number of aliphatic imine (C=N–C) groups is 1. The molecule has 0 saturated heterocycles. The Morgan fingerprint density at radius 2 is 2.23 bits per heavy atom. The highest BCUT2D eigenvalue weighted by Crippen LogP contribution is 2.35. The van der Waals surface area contributed by atoms with E-state index in [4.69, 9.17) is 0 Å². The monoisotopic (exact) mass is 320 g/mol. The van der Waals surface area contributed by atoms with Gasteiger partial charge in [0.25, 0.3) is 0 Å². The minimum absolute atomic E-state index is 0.00369. The number of rotatable bonds is 7. The number of hydrogen-bond acceptors (Lipinski definition) is 3. The van der Waals surface area contributed by atoms with Gasteiger partial charge in [0.05, 0.1) is 11.8 Å². The Labute approximate surface area is 138 Å². The van der Waals surface area contributed by atoms with Crippen molar-refractivity contribution in [2.75, 3.05) is 12.4 Å². The van der Waals surface area contributed by atoms with E-state index in [9.17, 15) is 4.79 Å². The van der Waals surface area contributed by atoms with Crippen molar-refractivity contribution in [1.29, 1.82) is 0 Å². The molecule has 0 aromatic heterocycles. The van der Waals surface area contributed by atoms with Crippen molar-refractivity contribution in [2.24, 2.45) is 10.9 Å². The van der Waals surface area contributed by atoms with Gasteiger partial charge < -0.3 is 4.90 Å². The molecular weight excluding hydrogens is 292 g/mol. The fraction of sp³-hybridized carbons (Fsp3) is 0.667. The lowest BCUT2D eigenvalue weighted by Gasteiger charge is -2.32. The summed E-state index contributed by atoms with van der Waals surface area (Å²) in [4.78, 5) is 18.1. The number of allylic oxidation sites excluding steroid dienone is 3. The molecule has 2 aliphatic rings. The summed E-state index contributed by atoms with van der Waals surface area (Å²) in [6, 6.07) is 0. The second kappa shape index (κ2) is 9.19.